The van der Waals surface area contributed by atoms with Crippen molar-refractivity contribution in [2.75, 3.05) is 0 Å². The molecule has 8 aromatic rings. The fraction of sp³-hybridized carbons (Fsp3) is 0. The molecule has 3 heteroatoms. The average Bonchev–Trinajstić information content (AvgIpc) is 3.50. The first-order chi connectivity index (χ1) is 20.2. The standard InChI is InChI=1S/C38H24NOP/c40-41(29-13-2-1-3-14-29)37-24-33-31-16-8-9-17-35(31)39(28-20-18-25-10-4-5-12-27(25)22-28)36(33)23-34(37)32-21-19-26-11-6-7-15-30(26)38(32)41/h1-24H. The van der Waals surface area contributed by atoms with Gasteiger partial charge in [0.25, 0.3) is 0 Å². The van der Waals surface area contributed by atoms with Gasteiger partial charge in [-0.25, -0.2) is 0 Å². The quantitative estimate of drug-likeness (QED) is 0.201. The Bertz CT molecular complexity index is 2400. The second-order valence-electron chi connectivity index (χ2n) is 10.9. The minimum atomic E-state index is -3.13. The molecule has 1 unspecified atom stereocenters. The Kier molecular flexibility index (Phi) is 4.63. The van der Waals surface area contributed by atoms with Gasteiger partial charge in [-0.15, -0.1) is 0 Å². The lowest BCUT2D eigenvalue weighted by Gasteiger charge is -2.17. The molecule has 1 aliphatic heterocycles. The van der Waals surface area contributed by atoms with Gasteiger partial charge in [0.05, 0.1) is 11.0 Å². The lowest BCUT2D eigenvalue weighted by molar-refractivity contribution is 0.593. The van der Waals surface area contributed by atoms with E-state index in [2.05, 4.69) is 120 Å². The Morgan fingerprint density at radius 1 is 0.463 bits per heavy atom. The summed E-state index contributed by atoms with van der Waals surface area (Å²) in [5, 5.41) is 9.69. The molecule has 0 aliphatic carbocycles. The molecule has 0 fully saturated rings. The Hall–Kier alpha value is -4.91. The summed E-state index contributed by atoms with van der Waals surface area (Å²) in [5.74, 6) is 0. The molecular weight excluding hydrogens is 517 g/mol. The van der Waals surface area contributed by atoms with E-state index in [1.165, 1.54) is 16.2 Å². The van der Waals surface area contributed by atoms with Crippen molar-refractivity contribution in [3.63, 3.8) is 0 Å². The van der Waals surface area contributed by atoms with E-state index in [4.69, 9.17) is 0 Å². The number of aromatic nitrogens is 1. The molecule has 0 amide bonds. The van der Waals surface area contributed by atoms with Gasteiger partial charge >= 0.3 is 0 Å². The summed E-state index contributed by atoms with van der Waals surface area (Å²) in [7, 11) is -3.13. The van der Waals surface area contributed by atoms with Gasteiger partial charge in [-0.05, 0) is 63.0 Å². The molecule has 2 heterocycles. The second-order valence-corrected chi connectivity index (χ2v) is 13.6. The maximum absolute atomic E-state index is 15.7. The molecule has 1 atom stereocenters. The van der Waals surface area contributed by atoms with E-state index < -0.39 is 7.14 Å². The van der Waals surface area contributed by atoms with Crippen LogP contribution >= 0.6 is 7.14 Å². The maximum Gasteiger partial charge on any atom is 0.172 e. The van der Waals surface area contributed by atoms with Gasteiger partial charge in [-0.2, -0.15) is 0 Å². The molecule has 7 aromatic carbocycles. The van der Waals surface area contributed by atoms with E-state index in [1.54, 1.807) is 0 Å². The Labute approximate surface area is 237 Å². The molecule has 1 aromatic heterocycles. The predicted octanol–water partition coefficient (Wildman–Crippen LogP) is 8.71. The van der Waals surface area contributed by atoms with Gasteiger partial charge in [0.1, 0.15) is 0 Å². The van der Waals surface area contributed by atoms with Gasteiger partial charge in [0.15, 0.2) is 7.14 Å². The Morgan fingerprint density at radius 3 is 2.00 bits per heavy atom. The summed E-state index contributed by atoms with van der Waals surface area (Å²) in [6.45, 7) is 0. The Morgan fingerprint density at radius 2 is 1.15 bits per heavy atom. The summed E-state index contributed by atoms with van der Waals surface area (Å²) in [6, 6.07) is 51.0. The van der Waals surface area contributed by atoms with Crippen LogP contribution in [0.4, 0.5) is 0 Å². The zero-order valence-electron chi connectivity index (χ0n) is 22.2. The van der Waals surface area contributed by atoms with Crippen LogP contribution < -0.4 is 15.9 Å². The largest absolute Gasteiger partial charge is 0.309 e. The highest BCUT2D eigenvalue weighted by Crippen LogP contribution is 2.55. The average molecular weight is 542 g/mol. The molecule has 41 heavy (non-hydrogen) atoms. The van der Waals surface area contributed by atoms with Crippen LogP contribution in [-0.4, -0.2) is 4.57 Å². The number of hydrogen-bond acceptors (Lipinski definition) is 1. The van der Waals surface area contributed by atoms with Crippen molar-refractivity contribution in [2.45, 2.75) is 0 Å². The van der Waals surface area contributed by atoms with Crippen LogP contribution in [0.2, 0.25) is 0 Å². The predicted molar refractivity (Wildman–Crippen MR) is 174 cm³/mol. The summed E-state index contributed by atoms with van der Waals surface area (Å²) in [5.41, 5.74) is 5.53. The minimum Gasteiger partial charge on any atom is -0.309 e. The van der Waals surface area contributed by atoms with Crippen molar-refractivity contribution >= 4 is 66.4 Å². The van der Waals surface area contributed by atoms with E-state index in [0.717, 1.165) is 59.9 Å². The molecular formula is C38H24NOP. The van der Waals surface area contributed by atoms with Crippen LogP contribution in [0.15, 0.2) is 146 Å². The number of rotatable bonds is 2. The molecule has 0 spiro atoms. The fourth-order valence-corrected chi connectivity index (χ4v) is 10.2. The lowest BCUT2D eigenvalue weighted by Crippen LogP contribution is -2.21. The third-order valence-corrected chi connectivity index (χ3v) is 11.9. The van der Waals surface area contributed by atoms with Crippen molar-refractivity contribution in [1.29, 1.82) is 0 Å². The van der Waals surface area contributed by atoms with Crippen molar-refractivity contribution < 1.29 is 4.57 Å². The first-order valence-corrected chi connectivity index (χ1v) is 15.7. The molecule has 0 saturated carbocycles. The second kappa shape index (κ2) is 8.30. The third-order valence-electron chi connectivity index (χ3n) is 8.75. The van der Waals surface area contributed by atoms with Gasteiger partial charge in [0.2, 0.25) is 0 Å². The first kappa shape index (κ1) is 22.9. The van der Waals surface area contributed by atoms with E-state index in [9.17, 15) is 0 Å². The number of nitrogens with zero attached hydrogens (tertiary/aromatic N) is 1. The van der Waals surface area contributed by atoms with Crippen molar-refractivity contribution in [2.24, 2.45) is 0 Å². The topological polar surface area (TPSA) is 22.0 Å². The van der Waals surface area contributed by atoms with Gasteiger partial charge in [-0.3, -0.25) is 0 Å². The lowest BCUT2D eigenvalue weighted by atomic mass is 10.00. The van der Waals surface area contributed by atoms with Gasteiger partial charge < -0.3 is 9.13 Å². The summed E-state index contributed by atoms with van der Waals surface area (Å²) < 4.78 is 18.0. The highest BCUT2D eigenvalue weighted by atomic mass is 31.2. The summed E-state index contributed by atoms with van der Waals surface area (Å²) in [6.07, 6.45) is 0. The van der Waals surface area contributed by atoms with E-state index in [0.29, 0.717) is 0 Å². The summed E-state index contributed by atoms with van der Waals surface area (Å²) in [4.78, 5) is 0. The molecule has 2 nitrogen and oxygen atoms in total. The Balaban J connectivity index is 1.43. The van der Waals surface area contributed by atoms with Crippen molar-refractivity contribution in [3.05, 3.63) is 146 Å². The van der Waals surface area contributed by atoms with E-state index in [-0.39, 0.29) is 0 Å². The van der Waals surface area contributed by atoms with Crippen LogP contribution in [-0.2, 0) is 4.57 Å². The highest BCUT2D eigenvalue weighted by molar-refractivity contribution is 7.86. The van der Waals surface area contributed by atoms with Gasteiger partial charge in [0, 0.05) is 32.4 Å². The molecule has 0 radical (unpaired) electrons. The SMILES string of the molecule is O=P1(c2ccccc2)c2cc3c4ccccc4n(-c4ccc5ccccc5c4)c3cc2-c2ccc3ccccc3c21. The normalized spacial score (nSPS) is 16.0. The van der Waals surface area contributed by atoms with Crippen LogP contribution in [0, 0.1) is 0 Å². The smallest absolute Gasteiger partial charge is 0.172 e. The molecule has 9 rings (SSSR count). The van der Waals surface area contributed by atoms with Crippen LogP contribution in [0.1, 0.15) is 0 Å². The van der Waals surface area contributed by atoms with Gasteiger partial charge in [-0.1, -0.05) is 115 Å². The third kappa shape index (κ3) is 3.06. The molecule has 0 bridgehead atoms. The number of hydrogen-bond donors (Lipinski definition) is 0. The zero-order chi connectivity index (χ0) is 27.1. The number of fused-ring (bicyclic) bond motifs is 9. The van der Waals surface area contributed by atoms with Crippen LogP contribution in [0.3, 0.4) is 0 Å². The van der Waals surface area contributed by atoms with Crippen molar-refractivity contribution in [1.82, 2.24) is 4.57 Å². The number of para-hydroxylation sites is 1. The summed E-state index contributed by atoms with van der Waals surface area (Å²) >= 11 is 0. The molecule has 0 saturated heterocycles. The molecule has 192 valence electrons. The maximum atomic E-state index is 15.7. The molecule has 0 N–H and O–H groups in total. The monoisotopic (exact) mass is 541 g/mol. The van der Waals surface area contributed by atoms with Crippen LogP contribution in [0.5, 0.6) is 0 Å². The highest BCUT2D eigenvalue weighted by Gasteiger charge is 2.42. The molecule has 1 aliphatic rings. The minimum absolute atomic E-state index is 0.883. The van der Waals surface area contributed by atoms with E-state index in [1.807, 2.05) is 30.3 Å². The number of benzene rings is 7. The van der Waals surface area contributed by atoms with Crippen LogP contribution in [0.25, 0.3) is 60.2 Å². The first-order valence-electron chi connectivity index (χ1n) is 14.0. The van der Waals surface area contributed by atoms with E-state index >= 15 is 4.57 Å². The van der Waals surface area contributed by atoms with Crippen molar-refractivity contribution in [3.8, 4) is 16.8 Å². The fourth-order valence-electron chi connectivity index (χ4n) is 6.91. The zero-order valence-corrected chi connectivity index (χ0v) is 23.1.